The molecule has 4 heteroatoms. The molecule has 1 unspecified atom stereocenters. The van der Waals surface area contributed by atoms with Gasteiger partial charge in [0.05, 0.1) is 24.6 Å². The Morgan fingerprint density at radius 1 is 1.53 bits per heavy atom. The lowest BCUT2D eigenvalue weighted by Crippen LogP contribution is -2.18. The van der Waals surface area contributed by atoms with E-state index in [9.17, 15) is 0 Å². The van der Waals surface area contributed by atoms with Gasteiger partial charge in [0, 0.05) is 6.20 Å². The smallest absolute Gasteiger partial charge is 0.125 e. The van der Waals surface area contributed by atoms with E-state index in [1.165, 1.54) is 0 Å². The molecule has 1 aliphatic heterocycles. The van der Waals surface area contributed by atoms with Crippen LogP contribution in [0.15, 0.2) is 24.1 Å². The van der Waals surface area contributed by atoms with E-state index in [0.717, 1.165) is 36.5 Å². The average Bonchev–Trinajstić information content (AvgIpc) is 2.29. The van der Waals surface area contributed by atoms with Crippen LogP contribution in [-0.4, -0.2) is 16.6 Å². The molecule has 0 bridgehead atoms. The number of nitrogens with zero attached hydrogens (tertiary/aromatic N) is 2. The van der Waals surface area contributed by atoms with Gasteiger partial charge < -0.3 is 10.5 Å². The quantitative estimate of drug-likeness (QED) is 0.794. The topological polar surface area (TPSA) is 61.0 Å². The van der Waals surface area contributed by atoms with Gasteiger partial charge in [0.25, 0.3) is 0 Å². The Kier molecular flexibility index (Phi) is 2.97. The van der Waals surface area contributed by atoms with E-state index in [4.69, 9.17) is 10.5 Å². The molecule has 4 nitrogen and oxygen atoms in total. The van der Waals surface area contributed by atoms with Gasteiger partial charge in [-0.05, 0) is 31.4 Å². The zero-order valence-electron chi connectivity index (χ0n) is 8.81. The highest BCUT2D eigenvalue weighted by Gasteiger charge is 2.16. The van der Waals surface area contributed by atoms with E-state index in [1.54, 1.807) is 12.5 Å². The van der Waals surface area contributed by atoms with Crippen LogP contribution < -0.4 is 5.73 Å². The Bertz CT molecular complexity index is 376. The van der Waals surface area contributed by atoms with Gasteiger partial charge in [-0.25, -0.2) is 9.97 Å². The van der Waals surface area contributed by atoms with E-state index in [-0.39, 0.29) is 6.04 Å². The molecule has 0 aliphatic carbocycles. The normalized spacial score (nSPS) is 17.9. The fourth-order valence-corrected chi connectivity index (χ4v) is 1.65. The fraction of sp³-hybridized carbons (Fsp3) is 0.455. The number of rotatable bonds is 2. The van der Waals surface area contributed by atoms with Gasteiger partial charge in [0.1, 0.15) is 5.82 Å². The molecule has 2 rings (SSSR count). The third-order valence-electron chi connectivity index (χ3n) is 2.48. The molecule has 2 heterocycles. The molecule has 1 aromatic heterocycles. The minimum atomic E-state index is -0.160. The predicted molar refractivity (Wildman–Crippen MR) is 57.0 cm³/mol. The number of hydrogen-bond acceptors (Lipinski definition) is 4. The van der Waals surface area contributed by atoms with Crippen molar-refractivity contribution in [3.8, 4) is 0 Å². The van der Waals surface area contributed by atoms with E-state index >= 15 is 0 Å². The van der Waals surface area contributed by atoms with E-state index in [0.29, 0.717) is 0 Å². The van der Waals surface area contributed by atoms with Crippen LogP contribution in [0.5, 0.6) is 0 Å². The van der Waals surface area contributed by atoms with E-state index in [1.807, 2.05) is 13.0 Å². The SMILES string of the molecule is Cc1nccc(C(N)C2=COCCC2)n1. The number of hydrogen-bond donors (Lipinski definition) is 1. The van der Waals surface area contributed by atoms with Crippen LogP contribution in [-0.2, 0) is 4.74 Å². The Labute approximate surface area is 89.2 Å². The summed E-state index contributed by atoms with van der Waals surface area (Å²) in [6.07, 6.45) is 5.53. The molecule has 1 atom stereocenters. The van der Waals surface area contributed by atoms with Crippen molar-refractivity contribution in [1.29, 1.82) is 0 Å². The second-order valence-electron chi connectivity index (χ2n) is 3.67. The molecule has 0 spiro atoms. The Balaban J connectivity index is 2.19. The molecule has 1 aliphatic rings. The third-order valence-corrected chi connectivity index (χ3v) is 2.48. The Morgan fingerprint density at radius 2 is 2.40 bits per heavy atom. The summed E-state index contributed by atoms with van der Waals surface area (Å²) in [6.45, 7) is 2.65. The molecule has 0 saturated carbocycles. The Hall–Kier alpha value is -1.42. The molecule has 1 aromatic rings. The van der Waals surface area contributed by atoms with Crippen molar-refractivity contribution in [2.24, 2.45) is 5.73 Å². The van der Waals surface area contributed by atoms with Crippen LogP contribution in [0.4, 0.5) is 0 Å². The molecule has 80 valence electrons. The molecule has 0 saturated heterocycles. The molecule has 0 amide bonds. The summed E-state index contributed by atoms with van der Waals surface area (Å²) >= 11 is 0. The predicted octanol–water partition coefficient (Wildman–Crippen LogP) is 1.48. The number of ether oxygens (including phenoxy) is 1. The van der Waals surface area contributed by atoms with Crippen molar-refractivity contribution in [2.45, 2.75) is 25.8 Å². The lowest BCUT2D eigenvalue weighted by atomic mass is 10.00. The molecule has 0 radical (unpaired) electrons. The van der Waals surface area contributed by atoms with E-state index in [2.05, 4.69) is 9.97 Å². The Morgan fingerprint density at radius 3 is 3.07 bits per heavy atom. The van der Waals surface area contributed by atoms with Gasteiger partial charge in [-0.15, -0.1) is 0 Å². The first-order chi connectivity index (χ1) is 7.27. The molecule has 0 fully saturated rings. The van der Waals surface area contributed by atoms with Crippen molar-refractivity contribution in [2.75, 3.05) is 6.61 Å². The summed E-state index contributed by atoms with van der Waals surface area (Å²) in [5.41, 5.74) is 8.07. The highest BCUT2D eigenvalue weighted by atomic mass is 16.5. The monoisotopic (exact) mass is 205 g/mol. The van der Waals surface area contributed by atoms with Gasteiger partial charge in [0.15, 0.2) is 0 Å². The maximum atomic E-state index is 6.10. The van der Waals surface area contributed by atoms with Gasteiger partial charge >= 0.3 is 0 Å². The van der Waals surface area contributed by atoms with Crippen LogP contribution in [0.25, 0.3) is 0 Å². The molecular weight excluding hydrogens is 190 g/mol. The minimum absolute atomic E-state index is 0.160. The van der Waals surface area contributed by atoms with Crippen molar-refractivity contribution < 1.29 is 4.74 Å². The summed E-state index contributed by atoms with van der Waals surface area (Å²) in [4.78, 5) is 8.37. The average molecular weight is 205 g/mol. The lowest BCUT2D eigenvalue weighted by molar-refractivity contribution is 0.221. The van der Waals surface area contributed by atoms with Crippen LogP contribution in [0.3, 0.4) is 0 Å². The number of aryl methyl sites for hydroxylation is 1. The molecule has 0 aromatic carbocycles. The second kappa shape index (κ2) is 4.40. The first-order valence-electron chi connectivity index (χ1n) is 5.13. The van der Waals surface area contributed by atoms with Crippen LogP contribution in [0.1, 0.15) is 30.4 Å². The van der Waals surface area contributed by atoms with Gasteiger partial charge in [-0.2, -0.15) is 0 Å². The first-order valence-corrected chi connectivity index (χ1v) is 5.13. The van der Waals surface area contributed by atoms with Gasteiger partial charge in [0.2, 0.25) is 0 Å². The molecule has 15 heavy (non-hydrogen) atoms. The molecular formula is C11H15N3O. The standard InChI is InChI=1S/C11H15N3O/c1-8-13-5-4-10(14-8)11(12)9-3-2-6-15-7-9/h4-5,7,11H,2-3,6,12H2,1H3. The maximum absolute atomic E-state index is 6.10. The fourth-order valence-electron chi connectivity index (χ4n) is 1.65. The maximum Gasteiger partial charge on any atom is 0.125 e. The van der Waals surface area contributed by atoms with Crippen LogP contribution >= 0.6 is 0 Å². The third kappa shape index (κ3) is 2.33. The van der Waals surface area contributed by atoms with Gasteiger partial charge in [-0.1, -0.05) is 0 Å². The van der Waals surface area contributed by atoms with Crippen LogP contribution in [0, 0.1) is 6.92 Å². The van der Waals surface area contributed by atoms with Crippen molar-refractivity contribution >= 4 is 0 Å². The van der Waals surface area contributed by atoms with Crippen molar-refractivity contribution in [3.05, 3.63) is 35.6 Å². The summed E-state index contributed by atoms with van der Waals surface area (Å²) in [5.74, 6) is 0.750. The summed E-state index contributed by atoms with van der Waals surface area (Å²) in [7, 11) is 0. The van der Waals surface area contributed by atoms with E-state index < -0.39 is 0 Å². The van der Waals surface area contributed by atoms with Crippen molar-refractivity contribution in [3.63, 3.8) is 0 Å². The van der Waals surface area contributed by atoms with Gasteiger partial charge in [-0.3, -0.25) is 0 Å². The van der Waals surface area contributed by atoms with Crippen molar-refractivity contribution in [1.82, 2.24) is 9.97 Å². The zero-order valence-corrected chi connectivity index (χ0v) is 8.81. The first kappa shape index (κ1) is 10.1. The molecule has 2 N–H and O–H groups in total. The zero-order chi connectivity index (χ0) is 10.7. The second-order valence-corrected chi connectivity index (χ2v) is 3.67. The largest absolute Gasteiger partial charge is 0.501 e. The summed E-state index contributed by atoms with van der Waals surface area (Å²) < 4.78 is 5.27. The summed E-state index contributed by atoms with van der Waals surface area (Å²) in [6, 6.07) is 1.69. The lowest BCUT2D eigenvalue weighted by Gasteiger charge is -2.19. The highest BCUT2D eigenvalue weighted by molar-refractivity contribution is 5.20. The number of aromatic nitrogens is 2. The minimum Gasteiger partial charge on any atom is -0.501 e. The number of nitrogens with two attached hydrogens (primary N) is 1. The summed E-state index contributed by atoms with van der Waals surface area (Å²) in [5, 5.41) is 0. The highest BCUT2D eigenvalue weighted by Crippen LogP contribution is 2.23. The van der Waals surface area contributed by atoms with Crippen LogP contribution in [0.2, 0.25) is 0 Å².